The summed E-state index contributed by atoms with van der Waals surface area (Å²) in [4.78, 5) is 12.4. The fraction of sp³-hybridized carbons (Fsp3) is 0.629. The maximum atomic E-state index is 12.4. The molecule has 0 radical (unpaired) electrons. The van der Waals surface area contributed by atoms with Crippen molar-refractivity contribution in [3.8, 4) is 23.0 Å². The molecule has 40 heavy (non-hydrogen) atoms. The number of benzene rings is 2. The topological polar surface area (TPSA) is 54.0 Å². The van der Waals surface area contributed by atoms with Gasteiger partial charge in [-0.1, -0.05) is 74.7 Å². The highest BCUT2D eigenvalue weighted by Gasteiger charge is 2.31. The molecule has 2 aromatic rings. The molecular formula is C35H58O5. The molecular weight excluding hydrogens is 500 g/mol. The van der Waals surface area contributed by atoms with Gasteiger partial charge in [-0.05, 0) is 79.0 Å². The molecule has 0 N–H and O–H groups in total. The minimum Gasteiger partial charge on any atom is -0.493 e. The lowest BCUT2D eigenvalue weighted by Crippen LogP contribution is -2.08. The second-order valence-electron chi connectivity index (χ2n) is 10.4. The molecule has 0 aliphatic heterocycles. The van der Waals surface area contributed by atoms with E-state index in [9.17, 15) is 4.79 Å². The van der Waals surface area contributed by atoms with E-state index in [1.165, 1.54) is 62.5 Å². The summed E-state index contributed by atoms with van der Waals surface area (Å²) in [6.07, 6.45) is 13.2. The lowest BCUT2D eigenvalue weighted by Gasteiger charge is -2.09. The summed E-state index contributed by atoms with van der Waals surface area (Å²) in [5.41, 5.74) is 4.83. The third-order valence-corrected chi connectivity index (χ3v) is 7.81. The summed E-state index contributed by atoms with van der Waals surface area (Å²) in [7, 11) is 6.64. The SMILES string of the molecule is C.C.C.CCCCCC1Cc2cc(OC)c(OC)cc2C1.CCCCCC1Cc2cc(OC)c(OC)cc2C1=O. The first kappa shape index (κ1) is 37.3. The third-order valence-electron chi connectivity index (χ3n) is 7.81. The largest absolute Gasteiger partial charge is 0.493 e. The Morgan fingerprint density at radius 2 is 1.02 bits per heavy atom. The Balaban J connectivity index is 0.000000708. The van der Waals surface area contributed by atoms with Crippen LogP contribution in [-0.4, -0.2) is 34.2 Å². The standard InChI is InChI=1S/C16H22O3.C16H24O2.3CH4/c1-4-5-6-7-11-8-12-9-14(18-2)15(19-3)10-13(12)16(11)17;1-4-5-6-7-12-8-13-10-15(17-2)16(18-3)11-14(13)9-12;;;/h9-11H,4-8H2,1-3H3;10-12H,4-9H2,1-3H3;3*1H4. The molecule has 2 aromatic carbocycles. The summed E-state index contributed by atoms with van der Waals surface area (Å²) in [5, 5.41) is 0. The molecule has 4 rings (SSSR count). The minimum absolute atomic E-state index is 0. The maximum Gasteiger partial charge on any atom is 0.166 e. The van der Waals surface area contributed by atoms with Gasteiger partial charge in [0.25, 0.3) is 0 Å². The zero-order chi connectivity index (χ0) is 26.8. The van der Waals surface area contributed by atoms with Crippen LogP contribution in [0.25, 0.3) is 0 Å². The van der Waals surface area contributed by atoms with E-state index in [1.54, 1.807) is 28.4 Å². The van der Waals surface area contributed by atoms with Gasteiger partial charge in [-0.25, -0.2) is 0 Å². The van der Waals surface area contributed by atoms with Crippen LogP contribution in [0.3, 0.4) is 0 Å². The van der Waals surface area contributed by atoms with Gasteiger partial charge in [0.05, 0.1) is 28.4 Å². The first-order valence-electron chi connectivity index (χ1n) is 14.0. The second kappa shape index (κ2) is 18.6. The highest BCUT2D eigenvalue weighted by Crippen LogP contribution is 2.39. The summed E-state index contributed by atoms with van der Waals surface area (Å²) < 4.78 is 21.3. The second-order valence-corrected chi connectivity index (χ2v) is 10.4. The number of carbonyl (C=O) groups is 1. The fourth-order valence-corrected chi connectivity index (χ4v) is 5.70. The number of hydrogen-bond acceptors (Lipinski definition) is 5. The third kappa shape index (κ3) is 9.17. The van der Waals surface area contributed by atoms with Gasteiger partial charge < -0.3 is 18.9 Å². The minimum atomic E-state index is 0. The van der Waals surface area contributed by atoms with Crippen LogP contribution in [0.1, 0.15) is 115 Å². The van der Waals surface area contributed by atoms with Crippen molar-refractivity contribution < 1.29 is 23.7 Å². The monoisotopic (exact) mass is 558 g/mol. The van der Waals surface area contributed by atoms with Crippen LogP contribution >= 0.6 is 0 Å². The zero-order valence-electron chi connectivity index (χ0n) is 23.8. The average Bonchev–Trinajstić information content (AvgIpc) is 3.46. The number of carbonyl (C=O) groups excluding carboxylic acids is 1. The van der Waals surface area contributed by atoms with Crippen molar-refractivity contribution in [2.75, 3.05) is 28.4 Å². The number of hydrogen-bond donors (Lipinski definition) is 0. The molecule has 0 bridgehead atoms. The van der Waals surface area contributed by atoms with E-state index in [-0.39, 0.29) is 34.0 Å². The van der Waals surface area contributed by atoms with Gasteiger partial charge in [-0.15, -0.1) is 0 Å². The maximum absolute atomic E-state index is 12.4. The molecule has 5 heteroatoms. The normalized spacial score (nSPS) is 14.8. The quantitative estimate of drug-likeness (QED) is 0.243. The van der Waals surface area contributed by atoms with E-state index in [1.807, 2.05) is 12.1 Å². The van der Waals surface area contributed by atoms with Crippen molar-refractivity contribution in [3.05, 3.63) is 46.5 Å². The molecule has 0 amide bonds. The van der Waals surface area contributed by atoms with Gasteiger partial charge in [0.15, 0.2) is 28.8 Å². The number of methoxy groups -OCH3 is 4. The predicted molar refractivity (Wildman–Crippen MR) is 170 cm³/mol. The predicted octanol–water partition coefficient (Wildman–Crippen LogP) is 9.55. The number of fused-ring (bicyclic) bond motifs is 2. The summed E-state index contributed by atoms with van der Waals surface area (Å²) in [5.74, 6) is 4.33. The Morgan fingerprint density at radius 1 is 0.600 bits per heavy atom. The molecule has 5 nitrogen and oxygen atoms in total. The van der Waals surface area contributed by atoms with E-state index in [0.29, 0.717) is 11.5 Å². The lowest BCUT2D eigenvalue weighted by atomic mass is 9.97. The first-order chi connectivity index (χ1) is 18.0. The average molecular weight is 559 g/mol. The van der Waals surface area contributed by atoms with Crippen LogP contribution < -0.4 is 18.9 Å². The highest BCUT2D eigenvalue weighted by molar-refractivity contribution is 6.02. The van der Waals surface area contributed by atoms with Crippen molar-refractivity contribution in [3.63, 3.8) is 0 Å². The molecule has 1 unspecified atom stereocenters. The van der Waals surface area contributed by atoms with Gasteiger partial charge in [0, 0.05) is 11.5 Å². The summed E-state index contributed by atoms with van der Waals surface area (Å²) >= 11 is 0. The molecule has 1 atom stereocenters. The van der Waals surface area contributed by atoms with Crippen LogP contribution in [0.4, 0.5) is 0 Å². The van der Waals surface area contributed by atoms with Crippen molar-refractivity contribution in [1.82, 2.24) is 0 Å². The molecule has 228 valence electrons. The molecule has 2 aliphatic rings. The van der Waals surface area contributed by atoms with Crippen LogP contribution in [0.15, 0.2) is 24.3 Å². The summed E-state index contributed by atoms with van der Waals surface area (Å²) in [6, 6.07) is 8.10. The Morgan fingerprint density at radius 3 is 1.48 bits per heavy atom. The van der Waals surface area contributed by atoms with Crippen molar-refractivity contribution >= 4 is 5.78 Å². The van der Waals surface area contributed by atoms with Crippen molar-refractivity contribution in [1.29, 1.82) is 0 Å². The van der Waals surface area contributed by atoms with E-state index in [2.05, 4.69) is 26.0 Å². The summed E-state index contributed by atoms with van der Waals surface area (Å²) in [6.45, 7) is 4.44. The Hall–Kier alpha value is -2.69. The highest BCUT2D eigenvalue weighted by atomic mass is 16.5. The lowest BCUT2D eigenvalue weighted by molar-refractivity contribution is 0.0929. The van der Waals surface area contributed by atoms with Gasteiger partial charge in [0.2, 0.25) is 0 Å². The number of unbranched alkanes of at least 4 members (excludes halogenated alkanes) is 4. The van der Waals surface area contributed by atoms with Crippen LogP contribution in [-0.2, 0) is 19.3 Å². The molecule has 0 saturated heterocycles. The Labute approximate surface area is 246 Å². The number of ketones is 1. The number of rotatable bonds is 12. The molecule has 0 heterocycles. The Kier molecular flexibility index (Phi) is 17.4. The van der Waals surface area contributed by atoms with E-state index in [0.717, 1.165) is 47.8 Å². The molecule has 2 aliphatic carbocycles. The first-order valence-corrected chi connectivity index (χ1v) is 14.0. The van der Waals surface area contributed by atoms with E-state index in [4.69, 9.17) is 18.9 Å². The number of Topliss-reactive ketones (excluding diaryl/α,β-unsaturated/α-hetero) is 1. The van der Waals surface area contributed by atoms with Crippen LogP contribution in [0.2, 0.25) is 0 Å². The van der Waals surface area contributed by atoms with Gasteiger partial charge in [-0.3, -0.25) is 4.79 Å². The van der Waals surface area contributed by atoms with Gasteiger partial charge in [0.1, 0.15) is 0 Å². The number of ether oxygens (including phenoxy) is 4. The van der Waals surface area contributed by atoms with Gasteiger partial charge >= 0.3 is 0 Å². The van der Waals surface area contributed by atoms with Crippen LogP contribution in [0, 0.1) is 11.8 Å². The fourth-order valence-electron chi connectivity index (χ4n) is 5.70. The molecule has 0 aromatic heterocycles. The Bertz CT molecular complexity index is 996. The smallest absolute Gasteiger partial charge is 0.166 e. The van der Waals surface area contributed by atoms with E-state index >= 15 is 0 Å². The van der Waals surface area contributed by atoms with Gasteiger partial charge in [-0.2, -0.15) is 0 Å². The molecule has 0 fully saturated rings. The zero-order valence-corrected chi connectivity index (χ0v) is 23.8. The van der Waals surface area contributed by atoms with Crippen LogP contribution in [0.5, 0.6) is 23.0 Å². The van der Waals surface area contributed by atoms with Crippen molar-refractivity contribution in [2.24, 2.45) is 11.8 Å². The molecule has 0 saturated carbocycles. The van der Waals surface area contributed by atoms with E-state index < -0.39 is 0 Å². The van der Waals surface area contributed by atoms with Crippen molar-refractivity contribution in [2.45, 2.75) is 107 Å². The molecule has 0 spiro atoms.